The molecule has 2 aromatic heterocycles. The Hall–Kier alpha value is -2.18. The molecule has 0 amide bonds. The van der Waals surface area contributed by atoms with Gasteiger partial charge in [0.25, 0.3) is 0 Å². The van der Waals surface area contributed by atoms with Gasteiger partial charge in [-0.25, -0.2) is 4.79 Å². The standard InChI is InChI=1S/C13H9ClN4OS/c14-9-3-1-8(2-4-9)7-15-18-12-11-10(5-6-20-11)16-13(19)17-12/h1-7H,(H2,16,17,18,19)/b15-7+. The highest BCUT2D eigenvalue weighted by molar-refractivity contribution is 7.17. The second-order valence-corrected chi connectivity index (χ2v) is 5.33. The van der Waals surface area contributed by atoms with Crippen molar-refractivity contribution in [3.8, 4) is 0 Å². The molecule has 0 atom stereocenters. The first-order chi connectivity index (χ1) is 9.72. The zero-order chi connectivity index (χ0) is 13.9. The largest absolute Gasteiger partial charge is 0.347 e. The molecule has 3 rings (SSSR count). The number of fused-ring (bicyclic) bond motifs is 1. The Balaban J connectivity index is 1.84. The van der Waals surface area contributed by atoms with E-state index in [2.05, 4.69) is 20.5 Å². The monoisotopic (exact) mass is 304 g/mol. The summed E-state index contributed by atoms with van der Waals surface area (Å²) in [5.41, 5.74) is 4.04. The molecule has 7 heteroatoms. The van der Waals surface area contributed by atoms with Gasteiger partial charge in [0, 0.05) is 5.02 Å². The molecule has 0 radical (unpaired) electrons. The number of thiophene rings is 1. The lowest BCUT2D eigenvalue weighted by Crippen LogP contribution is -2.11. The molecule has 0 spiro atoms. The minimum atomic E-state index is -0.403. The molecule has 0 fully saturated rings. The molecule has 3 aromatic rings. The highest BCUT2D eigenvalue weighted by atomic mass is 35.5. The number of rotatable bonds is 3. The quantitative estimate of drug-likeness (QED) is 0.577. The molecule has 0 aliphatic carbocycles. The van der Waals surface area contributed by atoms with Crippen molar-refractivity contribution in [2.75, 3.05) is 5.43 Å². The Bertz CT molecular complexity index is 822. The Morgan fingerprint density at radius 1 is 1.30 bits per heavy atom. The van der Waals surface area contributed by atoms with Crippen molar-refractivity contribution in [3.05, 3.63) is 56.8 Å². The Labute approximate surface area is 122 Å². The maximum absolute atomic E-state index is 11.4. The fourth-order valence-electron chi connectivity index (χ4n) is 1.68. The van der Waals surface area contributed by atoms with Crippen LogP contribution in [0.2, 0.25) is 5.02 Å². The predicted octanol–water partition coefficient (Wildman–Crippen LogP) is 3.08. The number of aromatic amines is 1. The molecule has 100 valence electrons. The third kappa shape index (κ3) is 2.71. The van der Waals surface area contributed by atoms with Gasteiger partial charge in [0.2, 0.25) is 0 Å². The van der Waals surface area contributed by atoms with Crippen LogP contribution in [0.25, 0.3) is 10.2 Å². The molecule has 0 saturated carbocycles. The van der Waals surface area contributed by atoms with Gasteiger partial charge in [-0.15, -0.1) is 11.3 Å². The van der Waals surface area contributed by atoms with Gasteiger partial charge in [-0.2, -0.15) is 10.1 Å². The number of hydrogen-bond donors (Lipinski definition) is 2. The number of nitrogens with one attached hydrogen (secondary N) is 2. The van der Waals surface area contributed by atoms with E-state index in [1.54, 1.807) is 18.3 Å². The molecule has 0 saturated heterocycles. The van der Waals surface area contributed by atoms with Crippen molar-refractivity contribution >= 4 is 45.2 Å². The summed E-state index contributed by atoms with van der Waals surface area (Å²) in [6.07, 6.45) is 1.64. The van der Waals surface area contributed by atoms with Gasteiger partial charge in [-0.1, -0.05) is 23.7 Å². The van der Waals surface area contributed by atoms with E-state index in [0.717, 1.165) is 15.8 Å². The number of H-pyrrole nitrogens is 1. The normalized spacial score (nSPS) is 11.2. The predicted molar refractivity (Wildman–Crippen MR) is 82.9 cm³/mol. The lowest BCUT2D eigenvalue weighted by Gasteiger charge is -2.00. The zero-order valence-electron chi connectivity index (χ0n) is 10.1. The first kappa shape index (κ1) is 12.8. The topological polar surface area (TPSA) is 70.1 Å². The number of benzene rings is 1. The molecule has 0 aliphatic heterocycles. The number of halogens is 1. The zero-order valence-corrected chi connectivity index (χ0v) is 11.7. The van der Waals surface area contributed by atoms with Gasteiger partial charge in [0.15, 0.2) is 5.82 Å². The van der Waals surface area contributed by atoms with Gasteiger partial charge in [0.05, 0.1) is 16.4 Å². The second-order valence-electron chi connectivity index (χ2n) is 3.98. The van der Waals surface area contributed by atoms with Gasteiger partial charge < -0.3 is 4.98 Å². The van der Waals surface area contributed by atoms with Crippen LogP contribution in [0.5, 0.6) is 0 Å². The maximum atomic E-state index is 11.4. The lowest BCUT2D eigenvalue weighted by molar-refractivity contribution is 1.11. The van der Waals surface area contributed by atoms with Crippen molar-refractivity contribution in [3.63, 3.8) is 0 Å². The summed E-state index contributed by atoms with van der Waals surface area (Å²) in [6.45, 7) is 0. The van der Waals surface area contributed by atoms with Crippen molar-refractivity contribution in [1.29, 1.82) is 0 Å². The van der Waals surface area contributed by atoms with E-state index in [1.807, 2.05) is 23.6 Å². The molecule has 20 heavy (non-hydrogen) atoms. The highest BCUT2D eigenvalue weighted by Crippen LogP contribution is 2.23. The lowest BCUT2D eigenvalue weighted by atomic mass is 10.2. The summed E-state index contributed by atoms with van der Waals surface area (Å²) in [6, 6.07) is 9.09. The number of hydrazone groups is 1. The van der Waals surface area contributed by atoms with Gasteiger partial charge in [0.1, 0.15) is 0 Å². The van der Waals surface area contributed by atoms with Crippen LogP contribution in [0.15, 0.2) is 45.6 Å². The van der Waals surface area contributed by atoms with Crippen LogP contribution in [0.4, 0.5) is 5.82 Å². The molecule has 2 heterocycles. The van der Waals surface area contributed by atoms with Crippen molar-refractivity contribution in [2.45, 2.75) is 0 Å². The van der Waals surface area contributed by atoms with Crippen LogP contribution in [0.3, 0.4) is 0 Å². The number of aromatic nitrogens is 2. The third-order valence-electron chi connectivity index (χ3n) is 2.59. The number of anilines is 1. The molecule has 0 unspecified atom stereocenters. The van der Waals surface area contributed by atoms with Crippen molar-refractivity contribution in [1.82, 2.24) is 9.97 Å². The molecule has 0 bridgehead atoms. The second kappa shape index (κ2) is 5.44. The van der Waals surface area contributed by atoms with Crippen LogP contribution in [-0.2, 0) is 0 Å². The summed E-state index contributed by atoms with van der Waals surface area (Å²) < 4.78 is 0.859. The average molecular weight is 305 g/mol. The van der Waals surface area contributed by atoms with E-state index >= 15 is 0 Å². The first-order valence-electron chi connectivity index (χ1n) is 5.74. The Kier molecular flexibility index (Phi) is 3.49. The summed E-state index contributed by atoms with van der Waals surface area (Å²) in [4.78, 5) is 17.9. The van der Waals surface area contributed by atoms with Gasteiger partial charge in [-0.05, 0) is 29.1 Å². The van der Waals surface area contributed by atoms with E-state index in [-0.39, 0.29) is 0 Å². The van der Waals surface area contributed by atoms with Crippen LogP contribution in [0.1, 0.15) is 5.56 Å². The molecule has 5 nitrogen and oxygen atoms in total. The summed E-state index contributed by atoms with van der Waals surface area (Å²) in [5, 5.41) is 6.64. The van der Waals surface area contributed by atoms with E-state index in [4.69, 9.17) is 11.6 Å². The SMILES string of the molecule is O=c1nc(N/N=C/c2ccc(Cl)cc2)c2sccc2[nH]1. The summed E-state index contributed by atoms with van der Waals surface area (Å²) in [5.74, 6) is 0.448. The van der Waals surface area contributed by atoms with Crippen LogP contribution in [-0.4, -0.2) is 16.2 Å². The molecule has 2 N–H and O–H groups in total. The minimum absolute atomic E-state index is 0.403. The van der Waals surface area contributed by atoms with E-state index in [9.17, 15) is 4.79 Å². The fraction of sp³-hybridized carbons (Fsp3) is 0. The first-order valence-corrected chi connectivity index (χ1v) is 7.00. The van der Waals surface area contributed by atoms with Crippen molar-refractivity contribution < 1.29 is 0 Å². The minimum Gasteiger partial charge on any atom is -0.304 e. The van der Waals surface area contributed by atoms with Gasteiger partial charge >= 0.3 is 5.69 Å². The van der Waals surface area contributed by atoms with E-state index in [1.165, 1.54) is 11.3 Å². The van der Waals surface area contributed by atoms with Crippen LogP contribution < -0.4 is 11.1 Å². The highest BCUT2D eigenvalue weighted by Gasteiger charge is 2.04. The molecule has 1 aromatic carbocycles. The smallest absolute Gasteiger partial charge is 0.304 e. The fourth-order valence-corrected chi connectivity index (χ4v) is 2.59. The third-order valence-corrected chi connectivity index (χ3v) is 3.76. The average Bonchev–Trinajstić information content (AvgIpc) is 2.89. The van der Waals surface area contributed by atoms with E-state index in [0.29, 0.717) is 10.8 Å². The molecular weight excluding hydrogens is 296 g/mol. The van der Waals surface area contributed by atoms with Crippen LogP contribution >= 0.6 is 22.9 Å². The number of hydrogen-bond acceptors (Lipinski definition) is 5. The molecule has 0 aliphatic rings. The molecular formula is C13H9ClN4OS. The maximum Gasteiger partial charge on any atom is 0.347 e. The Morgan fingerprint density at radius 2 is 2.10 bits per heavy atom. The number of nitrogens with zero attached hydrogens (tertiary/aromatic N) is 2. The Morgan fingerprint density at radius 3 is 2.90 bits per heavy atom. The van der Waals surface area contributed by atoms with Crippen molar-refractivity contribution in [2.24, 2.45) is 5.10 Å². The van der Waals surface area contributed by atoms with Gasteiger partial charge in [-0.3, -0.25) is 5.43 Å². The van der Waals surface area contributed by atoms with Crippen LogP contribution in [0, 0.1) is 0 Å². The summed E-state index contributed by atoms with van der Waals surface area (Å²) >= 11 is 7.29. The summed E-state index contributed by atoms with van der Waals surface area (Å²) in [7, 11) is 0. The van der Waals surface area contributed by atoms with E-state index < -0.39 is 5.69 Å².